The van der Waals surface area contributed by atoms with E-state index in [9.17, 15) is 4.79 Å². The van der Waals surface area contributed by atoms with Crippen LogP contribution in [0.2, 0.25) is 0 Å². The minimum Gasteiger partial charge on any atom is -0.299 e. The lowest BCUT2D eigenvalue weighted by molar-refractivity contribution is -0.104. The van der Waals surface area contributed by atoms with Crippen LogP contribution in [-0.2, 0) is 4.79 Å². The van der Waals surface area contributed by atoms with Gasteiger partial charge in [0, 0.05) is 0 Å². The molecule has 0 unspecified atom stereocenters. The molecule has 0 heterocycles. The van der Waals surface area contributed by atoms with Crippen molar-refractivity contribution in [3.05, 3.63) is 41.5 Å². The topological polar surface area (TPSA) is 17.1 Å². The Kier molecular flexibility index (Phi) is 2.61. The van der Waals surface area contributed by atoms with E-state index in [-0.39, 0.29) is 0 Å². The zero-order valence-electron chi connectivity index (χ0n) is 6.45. The maximum atomic E-state index is 10.0. The summed E-state index contributed by atoms with van der Waals surface area (Å²) >= 11 is 0. The molecule has 0 saturated carbocycles. The highest BCUT2D eigenvalue weighted by molar-refractivity contribution is 5.74. The molecule has 1 rings (SSSR count). The van der Waals surface area contributed by atoms with Crippen LogP contribution in [0.4, 0.5) is 0 Å². The molecule has 1 aromatic carbocycles. The molecule has 0 spiro atoms. The van der Waals surface area contributed by atoms with Gasteiger partial charge in [-0.05, 0) is 24.1 Å². The molecule has 1 nitrogen and oxygen atoms in total. The van der Waals surface area contributed by atoms with Crippen LogP contribution in [0.15, 0.2) is 30.3 Å². The first-order valence-electron chi connectivity index (χ1n) is 3.52. The summed E-state index contributed by atoms with van der Waals surface area (Å²) in [7, 11) is 0. The Hall–Kier alpha value is -1.37. The highest BCUT2D eigenvalue weighted by Crippen LogP contribution is 2.07. The number of rotatable bonds is 2. The van der Waals surface area contributed by atoms with Crippen LogP contribution in [0.25, 0.3) is 6.08 Å². The second-order valence-electron chi connectivity index (χ2n) is 2.35. The van der Waals surface area contributed by atoms with Gasteiger partial charge >= 0.3 is 0 Å². The van der Waals surface area contributed by atoms with E-state index >= 15 is 0 Å². The largest absolute Gasteiger partial charge is 0.299 e. The highest BCUT2D eigenvalue weighted by Gasteiger charge is 1.88. The highest BCUT2D eigenvalue weighted by atomic mass is 16.1. The molecule has 0 bridgehead atoms. The Morgan fingerprint density at radius 1 is 1.27 bits per heavy atom. The number of hydrogen-bond acceptors (Lipinski definition) is 1. The lowest BCUT2D eigenvalue weighted by Crippen LogP contribution is -1.77. The second kappa shape index (κ2) is 3.71. The number of aryl methyl sites for hydroxylation is 1. The normalized spacial score (nSPS) is 10.3. The summed E-state index contributed by atoms with van der Waals surface area (Å²) in [4.78, 5) is 10.0. The van der Waals surface area contributed by atoms with E-state index in [0.717, 1.165) is 11.8 Å². The smallest absolute Gasteiger partial charge is 0.142 e. The number of carbonyl (C=O) groups is 1. The van der Waals surface area contributed by atoms with E-state index in [1.807, 2.05) is 37.3 Å². The molecule has 0 saturated heterocycles. The molecular formula is C10H10O. The molecule has 1 aromatic rings. The first-order valence-corrected chi connectivity index (χ1v) is 3.52. The van der Waals surface area contributed by atoms with E-state index in [2.05, 4.69) is 0 Å². The van der Waals surface area contributed by atoms with Crippen LogP contribution in [-0.4, -0.2) is 6.29 Å². The summed E-state index contributed by atoms with van der Waals surface area (Å²) in [5.74, 6) is 0. The predicted molar refractivity (Wildman–Crippen MR) is 46.3 cm³/mol. The number of benzene rings is 1. The average molecular weight is 146 g/mol. The summed E-state index contributed by atoms with van der Waals surface area (Å²) < 4.78 is 0. The fourth-order valence-electron chi connectivity index (χ4n) is 0.917. The molecule has 0 radical (unpaired) electrons. The van der Waals surface area contributed by atoms with Crippen LogP contribution in [0.5, 0.6) is 0 Å². The van der Waals surface area contributed by atoms with E-state index < -0.39 is 0 Å². The predicted octanol–water partition coefficient (Wildman–Crippen LogP) is 2.21. The van der Waals surface area contributed by atoms with Crippen molar-refractivity contribution >= 4 is 12.4 Å². The third-order valence-electron chi connectivity index (χ3n) is 1.54. The number of aldehydes is 1. The molecule has 0 aliphatic rings. The van der Waals surface area contributed by atoms with Gasteiger partial charge in [0.25, 0.3) is 0 Å². The van der Waals surface area contributed by atoms with Gasteiger partial charge in [0.05, 0.1) is 0 Å². The van der Waals surface area contributed by atoms with Crippen molar-refractivity contribution in [1.82, 2.24) is 0 Å². The van der Waals surface area contributed by atoms with Crippen molar-refractivity contribution in [1.29, 1.82) is 0 Å². The fourth-order valence-corrected chi connectivity index (χ4v) is 0.917. The van der Waals surface area contributed by atoms with Crippen LogP contribution in [0.1, 0.15) is 11.1 Å². The number of hydrogen-bond donors (Lipinski definition) is 0. The Balaban J connectivity index is 2.94. The Bertz CT molecular complexity index is 274. The maximum absolute atomic E-state index is 10.0. The van der Waals surface area contributed by atoms with Crippen LogP contribution >= 0.6 is 0 Å². The van der Waals surface area contributed by atoms with Gasteiger partial charge in [0.15, 0.2) is 0 Å². The van der Waals surface area contributed by atoms with Crippen molar-refractivity contribution in [2.45, 2.75) is 6.92 Å². The molecule has 1 heteroatoms. The average Bonchev–Trinajstić information content (AvgIpc) is 2.03. The van der Waals surface area contributed by atoms with Crippen molar-refractivity contribution in [2.24, 2.45) is 0 Å². The van der Waals surface area contributed by atoms with Gasteiger partial charge in [-0.1, -0.05) is 30.3 Å². The lowest BCUT2D eigenvalue weighted by Gasteiger charge is -1.96. The van der Waals surface area contributed by atoms with E-state index in [1.165, 1.54) is 11.6 Å². The quantitative estimate of drug-likeness (QED) is 0.461. The SMILES string of the molecule is Cc1ccccc1/C=C/C=O. The fraction of sp³-hybridized carbons (Fsp3) is 0.100. The van der Waals surface area contributed by atoms with Gasteiger partial charge in [0.1, 0.15) is 6.29 Å². The molecule has 0 fully saturated rings. The van der Waals surface area contributed by atoms with Gasteiger partial charge in [0.2, 0.25) is 0 Å². The molecule has 0 aromatic heterocycles. The first kappa shape index (κ1) is 7.73. The van der Waals surface area contributed by atoms with Gasteiger partial charge in [-0.25, -0.2) is 0 Å². The molecule has 56 valence electrons. The Labute approximate surface area is 66.4 Å². The zero-order valence-corrected chi connectivity index (χ0v) is 6.45. The number of carbonyl (C=O) groups excluding carboxylic acids is 1. The first-order chi connectivity index (χ1) is 5.34. The molecule has 0 N–H and O–H groups in total. The Morgan fingerprint density at radius 3 is 2.64 bits per heavy atom. The van der Waals surface area contributed by atoms with Gasteiger partial charge in [-0.3, -0.25) is 4.79 Å². The molecule has 0 atom stereocenters. The van der Waals surface area contributed by atoms with Crippen molar-refractivity contribution < 1.29 is 4.79 Å². The third kappa shape index (κ3) is 2.04. The van der Waals surface area contributed by atoms with Crippen molar-refractivity contribution in [2.75, 3.05) is 0 Å². The van der Waals surface area contributed by atoms with Gasteiger partial charge in [-0.2, -0.15) is 0 Å². The number of allylic oxidation sites excluding steroid dienone is 1. The third-order valence-corrected chi connectivity index (χ3v) is 1.54. The molecular weight excluding hydrogens is 136 g/mol. The molecule has 0 aliphatic carbocycles. The minimum atomic E-state index is 0.784. The van der Waals surface area contributed by atoms with E-state index in [4.69, 9.17) is 0 Å². The summed E-state index contributed by atoms with van der Waals surface area (Å²) in [5, 5.41) is 0. The maximum Gasteiger partial charge on any atom is 0.142 e. The van der Waals surface area contributed by atoms with E-state index in [1.54, 1.807) is 0 Å². The van der Waals surface area contributed by atoms with E-state index in [0.29, 0.717) is 0 Å². The van der Waals surface area contributed by atoms with Gasteiger partial charge < -0.3 is 0 Å². The zero-order chi connectivity index (χ0) is 8.10. The second-order valence-corrected chi connectivity index (χ2v) is 2.35. The molecule has 0 amide bonds. The van der Waals surface area contributed by atoms with Crippen molar-refractivity contribution in [3.63, 3.8) is 0 Å². The molecule has 0 aliphatic heterocycles. The summed E-state index contributed by atoms with van der Waals surface area (Å²) in [6, 6.07) is 7.94. The van der Waals surface area contributed by atoms with Crippen LogP contribution in [0, 0.1) is 6.92 Å². The Morgan fingerprint density at radius 2 is 2.00 bits per heavy atom. The standard InChI is InChI=1S/C10H10O/c1-9-5-2-3-6-10(9)7-4-8-11/h2-8H,1H3/b7-4+. The monoisotopic (exact) mass is 146 g/mol. The lowest BCUT2D eigenvalue weighted by atomic mass is 10.1. The van der Waals surface area contributed by atoms with Crippen LogP contribution < -0.4 is 0 Å². The minimum absolute atomic E-state index is 0.784. The van der Waals surface area contributed by atoms with Gasteiger partial charge in [-0.15, -0.1) is 0 Å². The van der Waals surface area contributed by atoms with Crippen molar-refractivity contribution in [3.8, 4) is 0 Å². The summed E-state index contributed by atoms with van der Waals surface area (Å²) in [6.07, 6.45) is 4.09. The summed E-state index contributed by atoms with van der Waals surface area (Å²) in [5.41, 5.74) is 2.28. The van der Waals surface area contributed by atoms with Crippen LogP contribution in [0.3, 0.4) is 0 Å². The summed E-state index contributed by atoms with van der Waals surface area (Å²) in [6.45, 7) is 2.02. The molecule has 11 heavy (non-hydrogen) atoms.